The standard InChI is InChI=1S/C10H12N4O/c1-14(9-11-10(15)13-12-9)7-8-5-3-2-4-6-8/h2-6H,7H2,1H3,(H2,11,12,13,15). The van der Waals surface area contributed by atoms with Gasteiger partial charge in [0.15, 0.2) is 0 Å². The number of benzene rings is 1. The number of hydrogen-bond donors (Lipinski definition) is 2. The van der Waals surface area contributed by atoms with Crippen LogP contribution >= 0.6 is 0 Å². The van der Waals surface area contributed by atoms with Crippen molar-refractivity contribution >= 4 is 5.95 Å². The monoisotopic (exact) mass is 204 g/mol. The summed E-state index contributed by atoms with van der Waals surface area (Å²) < 4.78 is 0. The SMILES string of the molecule is CN(Cc1ccccc1)c1nc(=O)[nH][nH]1. The molecule has 0 fully saturated rings. The number of aromatic amines is 2. The second-order valence-corrected chi connectivity index (χ2v) is 3.33. The van der Waals surface area contributed by atoms with Crippen LogP contribution in [-0.4, -0.2) is 22.2 Å². The fourth-order valence-corrected chi connectivity index (χ4v) is 1.37. The van der Waals surface area contributed by atoms with Gasteiger partial charge >= 0.3 is 5.69 Å². The lowest BCUT2D eigenvalue weighted by molar-refractivity contribution is 0.871. The summed E-state index contributed by atoms with van der Waals surface area (Å²) in [5.41, 5.74) is 0.814. The summed E-state index contributed by atoms with van der Waals surface area (Å²) in [5.74, 6) is 0.545. The van der Waals surface area contributed by atoms with E-state index in [1.165, 1.54) is 5.56 Å². The van der Waals surface area contributed by atoms with Crippen LogP contribution in [0.2, 0.25) is 0 Å². The first kappa shape index (κ1) is 9.51. The summed E-state index contributed by atoms with van der Waals surface area (Å²) in [6.45, 7) is 0.710. The van der Waals surface area contributed by atoms with Gasteiger partial charge in [-0.3, -0.25) is 5.10 Å². The van der Waals surface area contributed by atoms with Crippen molar-refractivity contribution in [1.82, 2.24) is 15.2 Å². The molecule has 5 heteroatoms. The van der Waals surface area contributed by atoms with Gasteiger partial charge in [0.05, 0.1) is 0 Å². The molecule has 1 aromatic carbocycles. The molecule has 5 nitrogen and oxygen atoms in total. The minimum atomic E-state index is -0.357. The van der Waals surface area contributed by atoms with Crippen molar-refractivity contribution in [2.45, 2.75) is 6.54 Å². The highest BCUT2D eigenvalue weighted by Crippen LogP contribution is 2.06. The summed E-state index contributed by atoms with van der Waals surface area (Å²) in [7, 11) is 1.87. The van der Waals surface area contributed by atoms with E-state index >= 15 is 0 Å². The molecule has 0 bridgehead atoms. The minimum absolute atomic E-state index is 0.357. The fraction of sp³-hybridized carbons (Fsp3) is 0.200. The van der Waals surface area contributed by atoms with Gasteiger partial charge in [-0.05, 0) is 5.56 Å². The molecular formula is C10H12N4O. The number of anilines is 1. The maximum atomic E-state index is 10.8. The molecule has 2 N–H and O–H groups in total. The van der Waals surface area contributed by atoms with Crippen LogP contribution in [0.1, 0.15) is 5.56 Å². The molecule has 1 aromatic heterocycles. The normalized spacial score (nSPS) is 10.2. The molecule has 0 atom stereocenters. The molecule has 2 rings (SSSR count). The zero-order valence-corrected chi connectivity index (χ0v) is 8.40. The molecule has 0 aliphatic heterocycles. The van der Waals surface area contributed by atoms with Crippen molar-refractivity contribution < 1.29 is 0 Å². The van der Waals surface area contributed by atoms with E-state index in [0.29, 0.717) is 12.5 Å². The Hall–Kier alpha value is -2.04. The van der Waals surface area contributed by atoms with Crippen LogP contribution in [0.25, 0.3) is 0 Å². The van der Waals surface area contributed by atoms with E-state index in [2.05, 4.69) is 15.2 Å². The smallest absolute Gasteiger partial charge is 0.340 e. The van der Waals surface area contributed by atoms with Crippen molar-refractivity contribution in [3.8, 4) is 0 Å². The quantitative estimate of drug-likeness (QED) is 0.774. The van der Waals surface area contributed by atoms with Gasteiger partial charge in [0, 0.05) is 13.6 Å². The largest absolute Gasteiger partial charge is 0.362 e. The second kappa shape index (κ2) is 4.00. The Kier molecular flexibility index (Phi) is 2.53. The van der Waals surface area contributed by atoms with Crippen molar-refractivity contribution in [3.05, 3.63) is 46.4 Å². The van der Waals surface area contributed by atoms with Crippen LogP contribution in [0.5, 0.6) is 0 Å². The molecule has 0 amide bonds. The molecule has 0 unspecified atom stereocenters. The van der Waals surface area contributed by atoms with Crippen molar-refractivity contribution in [2.75, 3.05) is 11.9 Å². The third-order valence-corrected chi connectivity index (χ3v) is 2.11. The molecule has 78 valence electrons. The summed E-state index contributed by atoms with van der Waals surface area (Å²) in [6.07, 6.45) is 0. The third-order valence-electron chi connectivity index (χ3n) is 2.11. The Bertz CT molecular complexity index is 473. The van der Waals surface area contributed by atoms with E-state index < -0.39 is 0 Å². The number of H-pyrrole nitrogens is 2. The fourth-order valence-electron chi connectivity index (χ4n) is 1.37. The molecule has 0 spiro atoms. The zero-order chi connectivity index (χ0) is 10.7. The Morgan fingerprint density at radius 2 is 2.00 bits per heavy atom. The van der Waals surface area contributed by atoms with Crippen molar-refractivity contribution in [2.24, 2.45) is 0 Å². The Labute approximate surface area is 86.8 Å². The van der Waals surface area contributed by atoms with Crippen LogP contribution in [0, 0.1) is 0 Å². The van der Waals surface area contributed by atoms with Crippen LogP contribution in [0.15, 0.2) is 35.1 Å². The lowest BCUT2D eigenvalue weighted by Crippen LogP contribution is -2.18. The first-order valence-electron chi connectivity index (χ1n) is 4.65. The molecule has 0 aliphatic rings. The summed E-state index contributed by atoms with van der Waals surface area (Å²) in [5, 5.41) is 5.10. The second-order valence-electron chi connectivity index (χ2n) is 3.33. The molecule has 1 heterocycles. The van der Waals surface area contributed by atoms with Gasteiger partial charge in [-0.2, -0.15) is 4.98 Å². The topological polar surface area (TPSA) is 64.8 Å². The average Bonchev–Trinajstić information content (AvgIpc) is 2.66. The highest BCUT2D eigenvalue weighted by Gasteiger charge is 2.04. The van der Waals surface area contributed by atoms with E-state index in [4.69, 9.17) is 0 Å². The predicted molar refractivity (Wildman–Crippen MR) is 57.8 cm³/mol. The van der Waals surface area contributed by atoms with Crippen molar-refractivity contribution in [1.29, 1.82) is 0 Å². The van der Waals surface area contributed by atoms with Gasteiger partial charge in [0.2, 0.25) is 5.95 Å². The molecule has 0 aliphatic carbocycles. The van der Waals surface area contributed by atoms with Gasteiger partial charge in [-0.15, -0.1) is 0 Å². The van der Waals surface area contributed by atoms with Gasteiger partial charge in [0.1, 0.15) is 0 Å². The third kappa shape index (κ3) is 2.25. The molecule has 0 saturated carbocycles. The molecule has 2 aromatic rings. The number of hydrogen-bond acceptors (Lipinski definition) is 3. The number of nitrogens with one attached hydrogen (secondary N) is 2. The van der Waals surface area contributed by atoms with Crippen LogP contribution in [0.4, 0.5) is 5.95 Å². The van der Waals surface area contributed by atoms with E-state index in [1.54, 1.807) is 0 Å². The zero-order valence-electron chi connectivity index (χ0n) is 8.40. The molecule has 0 saturated heterocycles. The van der Waals surface area contributed by atoms with Gasteiger partial charge < -0.3 is 4.90 Å². The highest BCUT2D eigenvalue weighted by molar-refractivity contribution is 5.28. The first-order valence-corrected chi connectivity index (χ1v) is 4.65. The lowest BCUT2D eigenvalue weighted by Gasteiger charge is -2.14. The van der Waals surface area contributed by atoms with Gasteiger partial charge in [0.25, 0.3) is 0 Å². The lowest BCUT2D eigenvalue weighted by atomic mass is 10.2. The summed E-state index contributed by atoms with van der Waals surface area (Å²) >= 11 is 0. The maximum absolute atomic E-state index is 10.8. The molecule has 0 radical (unpaired) electrons. The highest BCUT2D eigenvalue weighted by atomic mass is 16.1. The number of nitrogens with zero attached hydrogens (tertiary/aromatic N) is 2. The van der Waals surface area contributed by atoms with E-state index in [0.717, 1.165) is 0 Å². The van der Waals surface area contributed by atoms with Gasteiger partial charge in [-0.1, -0.05) is 30.3 Å². The summed E-state index contributed by atoms with van der Waals surface area (Å²) in [6, 6.07) is 10.00. The minimum Gasteiger partial charge on any atom is -0.340 e. The molecule has 15 heavy (non-hydrogen) atoms. The maximum Gasteiger partial charge on any atom is 0.362 e. The van der Waals surface area contributed by atoms with Crippen LogP contribution < -0.4 is 10.6 Å². The van der Waals surface area contributed by atoms with E-state index in [9.17, 15) is 4.79 Å². The average molecular weight is 204 g/mol. The summed E-state index contributed by atoms with van der Waals surface area (Å²) in [4.78, 5) is 16.5. The van der Waals surface area contributed by atoms with Crippen molar-refractivity contribution in [3.63, 3.8) is 0 Å². The number of aromatic nitrogens is 3. The Morgan fingerprint density at radius 1 is 1.27 bits per heavy atom. The Balaban J connectivity index is 2.10. The first-order chi connectivity index (χ1) is 7.25. The number of rotatable bonds is 3. The van der Waals surface area contributed by atoms with E-state index in [-0.39, 0.29) is 5.69 Å². The van der Waals surface area contributed by atoms with Gasteiger partial charge in [-0.25, -0.2) is 9.89 Å². The van der Waals surface area contributed by atoms with E-state index in [1.807, 2.05) is 42.3 Å². The predicted octanol–water partition coefficient (Wildman–Crippen LogP) is 0.734. The van der Waals surface area contributed by atoms with Crippen LogP contribution in [0.3, 0.4) is 0 Å². The Morgan fingerprint density at radius 3 is 2.60 bits per heavy atom. The van der Waals surface area contributed by atoms with Crippen LogP contribution in [-0.2, 0) is 6.54 Å². The molecular weight excluding hydrogens is 192 g/mol.